The van der Waals surface area contributed by atoms with Crippen LogP contribution in [0.1, 0.15) is 35.7 Å². The zero-order chi connectivity index (χ0) is 21.2. The fourth-order valence-electron chi connectivity index (χ4n) is 3.33. The number of carbonyl (C=O) groups excluding carboxylic acids is 1. The molecule has 0 aromatic heterocycles. The molecule has 8 heteroatoms. The number of rotatable bonds is 5. The van der Waals surface area contributed by atoms with E-state index in [0.717, 1.165) is 12.8 Å². The molecule has 1 fully saturated rings. The van der Waals surface area contributed by atoms with Crippen molar-refractivity contribution in [2.75, 3.05) is 24.9 Å². The van der Waals surface area contributed by atoms with E-state index in [0.29, 0.717) is 41.0 Å². The molecule has 0 radical (unpaired) electrons. The van der Waals surface area contributed by atoms with E-state index in [2.05, 4.69) is 11.6 Å². The van der Waals surface area contributed by atoms with Gasteiger partial charge in [0.25, 0.3) is 15.9 Å². The predicted molar refractivity (Wildman–Crippen MR) is 114 cm³/mol. The van der Waals surface area contributed by atoms with Crippen molar-refractivity contribution in [3.8, 4) is 5.75 Å². The molecule has 0 bridgehead atoms. The molecule has 1 N–H and O–H groups in total. The number of methoxy groups -OCH3 is 1. The van der Waals surface area contributed by atoms with Crippen LogP contribution in [0.5, 0.6) is 5.75 Å². The van der Waals surface area contributed by atoms with Crippen molar-refractivity contribution in [3.05, 3.63) is 52.5 Å². The number of hydrogen-bond donors (Lipinski definition) is 1. The van der Waals surface area contributed by atoms with E-state index >= 15 is 0 Å². The van der Waals surface area contributed by atoms with Gasteiger partial charge in [-0.05, 0) is 61.6 Å². The number of amides is 1. The summed E-state index contributed by atoms with van der Waals surface area (Å²) in [5.74, 6) is 0.717. The van der Waals surface area contributed by atoms with Gasteiger partial charge < -0.3 is 9.64 Å². The van der Waals surface area contributed by atoms with E-state index < -0.39 is 10.0 Å². The first-order valence-electron chi connectivity index (χ1n) is 9.48. The Morgan fingerprint density at radius 3 is 2.55 bits per heavy atom. The van der Waals surface area contributed by atoms with Gasteiger partial charge in [-0.2, -0.15) is 0 Å². The van der Waals surface area contributed by atoms with E-state index in [-0.39, 0.29) is 16.4 Å². The Bertz CT molecular complexity index is 1020. The molecule has 1 heterocycles. The summed E-state index contributed by atoms with van der Waals surface area (Å²) in [6, 6.07) is 9.33. The molecular weight excluding hydrogens is 412 g/mol. The average molecular weight is 437 g/mol. The molecular formula is C21H25ClN2O4S. The van der Waals surface area contributed by atoms with Gasteiger partial charge in [-0.1, -0.05) is 24.6 Å². The summed E-state index contributed by atoms with van der Waals surface area (Å²) in [5.41, 5.74) is 1.27. The lowest BCUT2D eigenvalue weighted by atomic mass is 9.98. The van der Waals surface area contributed by atoms with Crippen LogP contribution in [0, 0.1) is 12.8 Å². The number of nitrogens with zero attached hydrogens (tertiary/aromatic N) is 1. The Balaban J connectivity index is 1.93. The number of anilines is 1. The predicted octanol–water partition coefficient (Wildman–Crippen LogP) is 4.33. The van der Waals surface area contributed by atoms with E-state index in [9.17, 15) is 13.2 Å². The third-order valence-electron chi connectivity index (χ3n) is 5.29. The maximum Gasteiger partial charge on any atom is 0.261 e. The largest absolute Gasteiger partial charge is 0.496 e. The van der Waals surface area contributed by atoms with Crippen molar-refractivity contribution >= 4 is 33.2 Å². The van der Waals surface area contributed by atoms with Crippen molar-refractivity contribution in [1.29, 1.82) is 0 Å². The van der Waals surface area contributed by atoms with Crippen LogP contribution in [0.2, 0.25) is 5.02 Å². The zero-order valence-electron chi connectivity index (χ0n) is 16.7. The normalized spacial score (nSPS) is 15.2. The molecule has 1 aliphatic rings. The molecule has 29 heavy (non-hydrogen) atoms. The second-order valence-corrected chi connectivity index (χ2v) is 9.44. The smallest absolute Gasteiger partial charge is 0.261 e. The second kappa shape index (κ2) is 8.63. The minimum atomic E-state index is -3.91. The minimum absolute atomic E-state index is 0.00796. The molecule has 0 saturated carbocycles. The average Bonchev–Trinajstić information content (AvgIpc) is 2.71. The highest BCUT2D eigenvalue weighted by Gasteiger charge is 2.26. The number of ether oxygens (including phenoxy) is 1. The molecule has 2 aromatic rings. The molecule has 6 nitrogen and oxygen atoms in total. The van der Waals surface area contributed by atoms with Gasteiger partial charge in [0.15, 0.2) is 0 Å². The van der Waals surface area contributed by atoms with Gasteiger partial charge in [0.2, 0.25) is 0 Å². The van der Waals surface area contributed by atoms with Gasteiger partial charge in [-0.25, -0.2) is 8.42 Å². The molecule has 1 amide bonds. The Hall–Kier alpha value is -2.25. The van der Waals surface area contributed by atoms with Gasteiger partial charge in [0, 0.05) is 18.1 Å². The molecule has 3 rings (SSSR count). The molecule has 156 valence electrons. The molecule has 0 unspecified atom stereocenters. The van der Waals surface area contributed by atoms with Gasteiger partial charge in [0.05, 0.1) is 23.3 Å². The lowest BCUT2D eigenvalue weighted by Crippen LogP contribution is -2.38. The SMILES string of the molecule is COc1ccc(S(=O)(=O)Nc2cccc(Cl)c2C)cc1C(=O)N1CCC(C)CC1. The highest BCUT2D eigenvalue weighted by atomic mass is 35.5. The van der Waals surface area contributed by atoms with Crippen LogP contribution in [0.4, 0.5) is 5.69 Å². The Kier molecular flexibility index (Phi) is 6.39. The summed E-state index contributed by atoms with van der Waals surface area (Å²) in [4.78, 5) is 14.8. The van der Waals surface area contributed by atoms with Crippen molar-refractivity contribution in [3.63, 3.8) is 0 Å². The summed E-state index contributed by atoms with van der Waals surface area (Å²) in [5, 5.41) is 0.468. The van der Waals surface area contributed by atoms with Gasteiger partial charge >= 0.3 is 0 Å². The Morgan fingerprint density at radius 2 is 1.90 bits per heavy atom. The van der Waals surface area contributed by atoms with Crippen LogP contribution in [0.15, 0.2) is 41.3 Å². The molecule has 2 aromatic carbocycles. The number of halogens is 1. The fourth-order valence-corrected chi connectivity index (χ4v) is 4.65. The molecule has 0 aliphatic carbocycles. The maximum atomic E-state index is 13.0. The number of carbonyl (C=O) groups is 1. The first kappa shape index (κ1) is 21.5. The number of benzene rings is 2. The van der Waals surface area contributed by atoms with Crippen molar-refractivity contribution in [1.82, 2.24) is 4.90 Å². The summed E-state index contributed by atoms with van der Waals surface area (Å²) in [7, 11) is -2.44. The third kappa shape index (κ3) is 4.67. The topological polar surface area (TPSA) is 75.7 Å². The third-order valence-corrected chi connectivity index (χ3v) is 7.07. The van der Waals surface area contributed by atoms with Crippen LogP contribution in [-0.4, -0.2) is 39.4 Å². The van der Waals surface area contributed by atoms with Crippen molar-refractivity contribution < 1.29 is 17.9 Å². The number of hydrogen-bond acceptors (Lipinski definition) is 4. The van der Waals surface area contributed by atoms with Crippen LogP contribution in [0.25, 0.3) is 0 Å². The van der Waals surface area contributed by atoms with E-state index in [1.807, 2.05) is 0 Å². The highest BCUT2D eigenvalue weighted by molar-refractivity contribution is 7.92. The fraction of sp³-hybridized carbons (Fsp3) is 0.381. The second-order valence-electron chi connectivity index (χ2n) is 7.35. The minimum Gasteiger partial charge on any atom is -0.496 e. The van der Waals surface area contributed by atoms with E-state index in [4.69, 9.17) is 16.3 Å². The zero-order valence-corrected chi connectivity index (χ0v) is 18.3. The van der Waals surface area contributed by atoms with E-state index in [1.165, 1.54) is 25.3 Å². The molecule has 1 aliphatic heterocycles. The molecule has 0 atom stereocenters. The van der Waals surface area contributed by atoms with Crippen LogP contribution >= 0.6 is 11.6 Å². The monoisotopic (exact) mass is 436 g/mol. The first-order chi connectivity index (χ1) is 13.7. The number of nitrogens with one attached hydrogen (secondary N) is 1. The molecule has 1 saturated heterocycles. The van der Waals surface area contributed by atoms with Gasteiger partial charge in [-0.3, -0.25) is 9.52 Å². The number of likely N-dealkylation sites (tertiary alicyclic amines) is 1. The maximum absolute atomic E-state index is 13.0. The van der Waals surface area contributed by atoms with Crippen LogP contribution in [-0.2, 0) is 10.0 Å². The van der Waals surface area contributed by atoms with Crippen molar-refractivity contribution in [2.24, 2.45) is 5.92 Å². The summed E-state index contributed by atoms with van der Waals surface area (Å²) in [6.07, 6.45) is 1.86. The summed E-state index contributed by atoms with van der Waals surface area (Å²) >= 11 is 6.09. The Labute approximate surface area is 176 Å². The van der Waals surface area contributed by atoms with Crippen LogP contribution in [0.3, 0.4) is 0 Å². The van der Waals surface area contributed by atoms with E-state index in [1.54, 1.807) is 30.0 Å². The standard InChI is InChI=1S/C21H25ClN2O4S/c1-14-9-11-24(12-10-14)21(25)17-13-16(7-8-20(17)28-3)29(26,27)23-19-6-4-5-18(22)15(19)2/h4-8,13-14,23H,9-12H2,1-3H3. The number of sulfonamides is 1. The van der Waals surface area contributed by atoms with Crippen molar-refractivity contribution in [2.45, 2.75) is 31.6 Å². The van der Waals surface area contributed by atoms with Crippen LogP contribution < -0.4 is 9.46 Å². The van der Waals surface area contributed by atoms with Gasteiger partial charge in [0.1, 0.15) is 5.75 Å². The highest BCUT2D eigenvalue weighted by Crippen LogP contribution is 2.29. The first-order valence-corrected chi connectivity index (χ1v) is 11.3. The molecule has 0 spiro atoms. The Morgan fingerprint density at radius 1 is 1.21 bits per heavy atom. The number of piperidine rings is 1. The van der Waals surface area contributed by atoms with Gasteiger partial charge in [-0.15, -0.1) is 0 Å². The lowest BCUT2D eigenvalue weighted by molar-refractivity contribution is 0.0693. The lowest BCUT2D eigenvalue weighted by Gasteiger charge is -2.30. The quantitative estimate of drug-likeness (QED) is 0.756. The summed E-state index contributed by atoms with van der Waals surface area (Å²) < 4.78 is 33.8. The summed E-state index contributed by atoms with van der Waals surface area (Å²) in [6.45, 7) is 5.21.